The van der Waals surface area contributed by atoms with Gasteiger partial charge in [0.1, 0.15) is 5.75 Å². The van der Waals surface area contributed by atoms with Crippen molar-refractivity contribution in [2.45, 2.75) is 31.7 Å². The number of hydrogen-bond donors (Lipinski definition) is 1. The molecular formula is C16H22ClNO3. The molecule has 0 bridgehead atoms. The number of carbonyl (C=O) groups excluding carboxylic acids is 1. The van der Waals surface area contributed by atoms with Gasteiger partial charge in [0.15, 0.2) is 0 Å². The fourth-order valence-electron chi connectivity index (χ4n) is 2.38. The molecule has 0 aliphatic carbocycles. The molecule has 1 aliphatic rings. The zero-order valence-electron chi connectivity index (χ0n) is 12.4. The van der Waals surface area contributed by atoms with Crippen LogP contribution >= 0.6 is 11.6 Å². The van der Waals surface area contributed by atoms with Crippen LogP contribution in [0.15, 0.2) is 24.3 Å². The quantitative estimate of drug-likeness (QED) is 0.822. The van der Waals surface area contributed by atoms with E-state index in [0.29, 0.717) is 32.1 Å². The first-order chi connectivity index (χ1) is 10.1. The summed E-state index contributed by atoms with van der Waals surface area (Å²) in [4.78, 5) is 12.0. The average molecular weight is 312 g/mol. The first-order valence-corrected chi connectivity index (χ1v) is 7.81. The van der Waals surface area contributed by atoms with Gasteiger partial charge in [0.05, 0.1) is 18.6 Å². The molecule has 1 amide bonds. The first-order valence-electron chi connectivity index (χ1n) is 7.28. The Morgan fingerprint density at radius 1 is 1.43 bits per heavy atom. The van der Waals surface area contributed by atoms with E-state index in [1.165, 1.54) is 0 Å². The number of carbonyl (C=O) groups is 1. The highest BCUT2D eigenvalue weighted by molar-refractivity contribution is 6.18. The highest BCUT2D eigenvalue weighted by Gasteiger charge is 2.33. The Morgan fingerprint density at radius 3 is 2.86 bits per heavy atom. The van der Waals surface area contributed by atoms with Crippen LogP contribution in [-0.4, -0.2) is 37.1 Å². The highest BCUT2D eigenvalue weighted by Crippen LogP contribution is 2.22. The SMILES string of the molecule is Cc1cccc(OCCC(=O)NC2(CCl)CCOCC2)c1. The number of alkyl halides is 1. The minimum atomic E-state index is -0.319. The van der Waals surface area contributed by atoms with E-state index in [9.17, 15) is 4.79 Å². The van der Waals surface area contributed by atoms with E-state index in [-0.39, 0.29) is 11.4 Å². The standard InChI is InChI=1S/C16H22ClNO3/c1-13-3-2-4-14(11-13)21-8-5-15(19)18-16(12-17)6-9-20-10-7-16/h2-4,11H,5-10,12H2,1H3,(H,18,19). The van der Waals surface area contributed by atoms with E-state index in [2.05, 4.69) is 5.32 Å². The fourth-order valence-corrected chi connectivity index (χ4v) is 2.71. The second-order valence-electron chi connectivity index (χ2n) is 5.49. The molecule has 0 saturated carbocycles. The summed E-state index contributed by atoms with van der Waals surface area (Å²) in [6.45, 7) is 3.67. The topological polar surface area (TPSA) is 47.6 Å². The summed E-state index contributed by atoms with van der Waals surface area (Å²) in [7, 11) is 0. The lowest BCUT2D eigenvalue weighted by molar-refractivity contribution is -0.124. The van der Waals surface area contributed by atoms with Crippen molar-refractivity contribution < 1.29 is 14.3 Å². The summed E-state index contributed by atoms with van der Waals surface area (Å²) in [5, 5.41) is 3.05. The molecule has 0 aromatic heterocycles. The Bertz CT molecular complexity index is 472. The maximum absolute atomic E-state index is 12.0. The van der Waals surface area contributed by atoms with Crippen molar-refractivity contribution in [1.29, 1.82) is 0 Å². The van der Waals surface area contributed by atoms with Crippen molar-refractivity contribution in [3.63, 3.8) is 0 Å². The van der Waals surface area contributed by atoms with Crippen LogP contribution in [0.4, 0.5) is 0 Å². The van der Waals surface area contributed by atoms with Crippen LogP contribution < -0.4 is 10.1 Å². The van der Waals surface area contributed by atoms with Crippen molar-refractivity contribution in [2.75, 3.05) is 25.7 Å². The molecule has 21 heavy (non-hydrogen) atoms. The number of aryl methyl sites for hydroxylation is 1. The number of nitrogens with one attached hydrogen (secondary N) is 1. The van der Waals surface area contributed by atoms with E-state index in [0.717, 1.165) is 24.2 Å². The van der Waals surface area contributed by atoms with Crippen molar-refractivity contribution in [1.82, 2.24) is 5.32 Å². The largest absolute Gasteiger partial charge is 0.493 e. The third kappa shape index (κ3) is 4.90. The molecule has 4 nitrogen and oxygen atoms in total. The van der Waals surface area contributed by atoms with E-state index in [4.69, 9.17) is 21.1 Å². The minimum absolute atomic E-state index is 0.0230. The van der Waals surface area contributed by atoms with Gasteiger partial charge in [-0.2, -0.15) is 0 Å². The Morgan fingerprint density at radius 2 is 2.19 bits per heavy atom. The minimum Gasteiger partial charge on any atom is -0.493 e. The van der Waals surface area contributed by atoms with Crippen LogP contribution in [-0.2, 0) is 9.53 Å². The molecular weight excluding hydrogens is 290 g/mol. The predicted octanol–water partition coefficient (Wildman–Crippen LogP) is 2.67. The van der Waals surface area contributed by atoms with Gasteiger partial charge in [0.25, 0.3) is 0 Å². The molecule has 5 heteroatoms. The molecule has 0 atom stereocenters. The van der Waals surface area contributed by atoms with E-state index in [1.807, 2.05) is 31.2 Å². The van der Waals surface area contributed by atoms with Gasteiger partial charge < -0.3 is 14.8 Å². The van der Waals surface area contributed by atoms with Crippen LogP contribution in [0, 0.1) is 6.92 Å². The molecule has 1 aromatic rings. The summed E-state index contributed by atoms with van der Waals surface area (Å²) < 4.78 is 10.9. The maximum atomic E-state index is 12.0. The zero-order chi connectivity index (χ0) is 15.1. The van der Waals surface area contributed by atoms with Gasteiger partial charge in [-0.25, -0.2) is 0 Å². The number of rotatable bonds is 6. The monoisotopic (exact) mass is 311 g/mol. The molecule has 1 N–H and O–H groups in total. The third-order valence-corrected chi connectivity index (χ3v) is 4.21. The summed E-state index contributed by atoms with van der Waals surface area (Å²) in [6, 6.07) is 7.80. The summed E-state index contributed by atoms with van der Waals surface area (Å²) in [5.41, 5.74) is 0.820. The predicted molar refractivity (Wildman–Crippen MR) is 82.9 cm³/mol. The van der Waals surface area contributed by atoms with Crippen LogP contribution in [0.25, 0.3) is 0 Å². The van der Waals surface area contributed by atoms with Crippen LogP contribution in [0.3, 0.4) is 0 Å². The van der Waals surface area contributed by atoms with Crippen molar-refractivity contribution in [3.8, 4) is 5.75 Å². The number of hydrogen-bond acceptors (Lipinski definition) is 3. The molecule has 1 aromatic carbocycles. The van der Waals surface area contributed by atoms with Crippen LogP contribution in [0.1, 0.15) is 24.8 Å². The Kier molecular flexibility index (Phi) is 5.88. The Balaban J connectivity index is 1.76. The van der Waals surface area contributed by atoms with Crippen molar-refractivity contribution in [3.05, 3.63) is 29.8 Å². The summed E-state index contributed by atoms with van der Waals surface area (Å²) in [6.07, 6.45) is 1.86. The molecule has 0 unspecified atom stereocenters. The smallest absolute Gasteiger partial charge is 0.223 e. The van der Waals surface area contributed by atoms with Gasteiger partial charge in [-0.05, 0) is 37.5 Å². The van der Waals surface area contributed by atoms with E-state index in [1.54, 1.807) is 0 Å². The molecule has 0 spiro atoms. The van der Waals surface area contributed by atoms with Gasteiger partial charge in [0, 0.05) is 19.1 Å². The van der Waals surface area contributed by atoms with Gasteiger partial charge in [0.2, 0.25) is 5.91 Å². The maximum Gasteiger partial charge on any atom is 0.223 e. The third-order valence-electron chi connectivity index (χ3n) is 3.70. The molecule has 0 radical (unpaired) electrons. The molecule has 1 fully saturated rings. The van der Waals surface area contributed by atoms with Crippen molar-refractivity contribution in [2.24, 2.45) is 0 Å². The van der Waals surface area contributed by atoms with Gasteiger partial charge in [-0.15, -0.1) is 11.6 Å². The highest BCUT2D eigenvalue weighted by atomic mass is 35.5. The van der Waals surface area contributed by atoms with Gasteiger partial charge >= 0.3 is 0 Å². The van der Waals surface area contributed by atoms with Gasteiger partial charge in [-0.3, -0.25) is 4.79 Å². The molecule has 1 aliphatic heterocycles. The second-order valence-corrected chi connectivity index (χ2v) is 5.76. The molecule has 1 saturated heterocycles. The zero-order valence-corrected chi connectivity index (χ0v) is 13.1. The number of ether oxygens (including phenoxy) is 2. The molecule has 1 heterocycles. The summed E-state index contributed by atoms with van der Waals surface area (Å²) in [5.74, 6) is 1.19. The number of amides is 1. The number of halogens is 1. The average Bonchev–Trinajstić information content (AvgIpc) is 2.48. The Labute approximate surface area is 130 Å². The van der Waals surface area contributed by atoms with E-state index >= 15 is 0 Å². The lowest BCUT2D eigenvalue weighted by Gasteiger charge is -2.36. The van der Waals surface area contributed by atoms with Crippen molar-refractivity contribution >= 4 is 17.5 Å². The normalized spacial score (nSPS) is 17.2. The van der Waals surface area contributed by atoms with Crippen LogP contribution in [0.5, 0.6) is 5.75 Å². The van der Waals surface area contributed by atoms with Crippen LogP contribution in [0.2, 0.25) is 0 Å². The first kappa shape index (κ1) is 16.1. The van der Waals surface area contributed by atoms with Gasteiger partial charge in [-0.1, -0.05) is 12.1 Å². The second kappa shape index (κ2) is 7.66. The number of benzene rings is 1. The lowest BCUT2D eigenvalue weighted by Crippen LogP contribution is -2.53. The Hall–Kier alpha value is -1.26. The molecule has 116 valence electrons. The van der Waals surface area contributed by atoms with E-state index < -0.39 is 0 Å². The lowest BCUT2D eigenvalue weighted by atomic mass is 9.92. The molecule has 2 rings (SSSR count). The fraction of sp³-hybridized carbons (Fsp3) is 0.562. The summed E-state index contributed by atoms with van der Waals surface area (Å²) >= 11 is 6.03.